The van der Waals surface area contributed by atoms with Gasteiger partial charge in [-0.1, -0.05) is 0 Å². The number of hydrogen-bond acceptors (Lipinski definition) is 4. The molecule has 2 N–H and O–H groups in total. The predicted molar refractivity (Wildman–Crippen MR) is 53.9 cm³/mol. The van der Waals surface area contributed by atoms with Crippen molar-refractivity contribution < 1.29 is 19.8 Å². The fourth-order valence-electron chi connectivity index (χ4n) is 1.30. The zero-order valence-corrected chi connectivity index (χ0v) is 8.45. The van der Waals surface area contributed by atoms with Crippen LogP contribution in [0.4, 0.5) is 4.79 Å². The van der Waals surface area contributed by atoms with E-state index in [0.29, 0.717) is 0 Å². The van der Waals surface area contributed by atoms with Gasteiger partial charge in [-0.15, -0.1) is 0 Å². The van der Waals surface area contributed by atoms with Crippen LogP contribution in [0.5, 0.6) is 0 Å². The molecule has 0 aliphatic carbocycles. The monoisotopic (exact) mass is 228 g/mol. The number of isothiocyanates is 1. The van der Waals surface area contributed by atoms with Gasteiger partial charge in [0.05, 0.1) is 23.0 Å². The Hall–Kier alpha value is -1.72. The molecule has 0 saturated carbocycles. The lowest BCUT2D eigenvalue weighted by molar-refractivity contribution is -0.133. The summed E-state index contributed by atoms with van der Waals surface area (Å²) in [5.74, 6) is -1.09. The van der Waals surface area contributed by atoms with E-state index >= 15 is 0 Å². The molecule has 7 heteroatoms. The minimum atomic E-state index is -1.10. The van der Waals surface area contributed by atoms with Gasteiger partial charge in [-0.05, 0) is 18.6 Å². The van der Waals surface area contributed by atoms with E-state index in [2.05, 4.69) is 17.2 Å². The van der Waals surface area contributed by atoms with Crippen molar-refractivity contribution in [1.29, 1.82) is 0 Å². The molecule has 0 spiro atoms. The lowest BCUT2D eigenvalue weighted by Crippen LogP contribution is -2.36. The number of carboxylic acid groups (broad SMARTS) is 2. The van der Waals surface area contributed by atoms with Gasteiger partial charge in [0.2, 0.25) is 0 Å². The van der Waals surface area contributed by atoms with E-state index < -0.39 is 12.1 Å². The van der Waals surface area contributed by atoms with Crippen LogP contribution in [0.1, 0.15) is 6.42 Å². The number of hydrogen-bond donors (Lipinski definition) is 2. The molecule has 1 aliphatic rings. The Morgan fingerprint density at radius 1 is 1.47 bits per heavy atom. The molecular formula is C8H8N2O4S. The first-order valence-corrected chi connectivity index (χ1v) is 4.48. The molecule has 80 valence electrons. The minimum Gasteiger partial charge on any atom is -0.478 e. The Morgan fingerprint density at radius 2 is 2.13 bits per heavy atom. The van der Waals surface area contributed by atoms with E-state index in [1.54, 1.807) is 0 Å². The third kappa shape index (κ3) is 2.61. The largest absolute Gasteiger partial charge is 0.478 e. The summed E-state index contributed by atoms with van der Waals surface area (Å²) < 4.78 is 0. The molecule has 0 radical (unpaired) electrons. The fourth-order valence-corrected chi connectivity index (χ4v) is 1.41. The predicted octanol–water partition coefficient (Wildman–Crippen LogP) is 0.812. The summed E-state index contributed by atoms with van der Waals surface area (Å²) >= 11 is 4.37. The smallest absolute Gasteiger partial charge is 0.407 e. The molecule has 15 heavy (non-hydrogen) atoms. The van der Waals surface area contributed by atoms with E-state index in [0.717, 1.165) is 4.90 Å². The van der Waals surface area contributed by atoms with Gasteiger partial charge in [-0.2, -0.15) is 4.99 Å². The summed E-state index contributed by atoms with van der Waals surface area (Å²) in [6.07, 6.45) is -0.964. The number of amides is 1. The molecule has 1 heterocycles. The molecule has 0 aromatic carbocycles. The maximum atomic E-state index is 10.8. The third-order valence-corrected chi connectivity index (χ3v) is 2.12. The van der Waals surface area contributed by atoms with Crippen LogP contribution in [0, 0.1) is 0 Å². The Morgan fingerprint density at radius 3 is 2.60 bits per heavy atom. The summed E-state index contributed by atoms with van der Waals surface area (Å²) in [5.41, 5.74) is 0.260. The second-order valence-electron chi connectivity index (χ2n) is 2.89. The average Bonchev–Trinajstić information content (AvgIpc) is 2.17. The summed E-state index contributed by atoms with van der Waals surface area (Å²) in [6, 6.07) is 0. The molecule has 0 aromatic rings. The molecule has 0 aromatic heterocycles. The van der Waals surface area contributed by atoms with Crippen LogP contribution in [0.15, 0.2) is 16.3 Å². The van der Waals surface area contributed by atoms with Crippen LogP contribution in [0.2, 0.25) is 0 Å². The maximum Gasteiger partial charge on any atom is 0.407 e. The van der Waals surface area contributed by atoms with E-state index in [4.69, 9.17) is 10.2 Å². The number of carbonyl (C=O) groups is 2. The van der Waals surface area contributed by atoms with Crippen LogP contribution < -0.4 is 0 Å². The zero-order valence-electron chi connectivity index (χ0n) is 7.63. The molecule has 0 saturated heterocycles. The van der Waals surface area contributed by atoms with Crippen molar-refractivity contribution in [3.05, 3.63) is 11.3 Å². The molecule has 0 atom stereocenters. The summed E-state index contributed by atoms with van der Waals surface area (Å²) in [4.78, 5) is 26.1. The van der Waals surface area contributed by atoms with Crippen LogP contribution in [-0.2, 0) is 4.79 Å². The van der Waals surface area contributed by atoms with Crippen molar-refractivity contribution in [2.45, 2.75) is 6.42 Å². The Labute approximate surface area is 90.5 Å². The highest BCUT2D eigenvalue weighted by molar-refractivity contribution is 7.78. The van der Waals surface area contributed by atoms with Crippen LogP contribution in [0.3, 0.4) is 0 Å². The van der Waals surface area contributed by atoms with Gasteiger partial charge in [0.25, 0.3) is 0 Å². The number of aliphatic carboxylic acids is 1. The van der Waals surface area contributed by atoms with Crippen molar-refractivity contribution in [3.63, 3.8) is 0 Å². The Kier molecular flexibility index (Phi) is 3.54. The lowest BCUT2D eigenvalue weighted by Gasteiger charge is -2.24. The highest BCUT2D eigenvalue weighted by Crippen LogP contribution is 2.18. The summed E-state index contributed by atoms with van der Waals surface area (Å²) in [5, 5.41) is 19.6. The van der Waals surface area contributed by atoms with Crippen molar-refractivity contribution in [1.82, 2.24) is 4.90 Å². The maximum absolute atomic E-state index is 10.8. The van der Waals surface area contributed by atoms with Gasteiger partial charge < -0.3 is 15.1 Å². The Bertz CT molecular complexity index is 384. The van der Waals surface area contributed by atoms with Crippen molar-refractivity contribution >= 4 is 29.4 Å². The summed E-state index contributed by atoms with van der Waals surface area (Å²) in [7, 11) is 0. The number of aliphatic imine (C=N–C) groups is 1. The lowest BCUT2D eigenvalue weighted by atomic mass is 10.1. The summed E-state index contributed by atoms with van der Waals surface area (Å²) in [6.45, 7) is 0.105. The number of carboxylic acids is 1. The molecule has 0 unspecified atom stereocenters. The van der Waals surface area contributed by atoms with Gasteiger partial charge >= 0.3 is 12.1 Å². The van der Waals surface area contributed by atoms with Crippen molar-refractivity contribution in [3.8, 4) is 0 Å². The molecule has 0 fully saturated rings. The normalized spacial score (nSPS) is 15.9. The van der Waals surface area contributed by atoms with Crippen LogP contribution in [-0.4, -0.2) is 45.4 Å². The van der Waals surface area contributed by atoms with Gasteiger partial charge in [-0.25, -0.2) is 9.59 Å². The standard InChI is InChI=1S/C8H8N2O4S/c11-7(12)5-1-2-10(8(13)14)3-6(5)9-4-15/h1-3H2,(H,11,12)(H,13,14). The van der Waals surface area contributed by atoms with Crippen LogP contribution in [0.25, 0.3) is 0 Å². The van der Waals surface area contributed by atoms with Gasteiger partial charge in [0, 0.05) is 6.54 Å². The highest BCUT2D eigenvalue weighted by atomic mass is 32.1. The first-order valence-electron chi connectivity index (χ1n) is 4.07. The quantitative estimate of drug-likeness (QED) is 0.539. The average molecular weight is 228 g/mol. The van der Waals surface area contributed by atoms with E-state index in [9.17, 15) is 9.59 Å². The van der Waals surface area contributed by atoms with Gasteiger partial charge in [0.15, 0.2) is 0 Å². The van der Waals surface area contributed by atoms with Crippen molar-refractivity contribution in [2.75, 3.05) is 13.1 Å². The number of thiocarbonyl (C=S) groups is 1. The van der Waals surface area contributed by atoms with E-state index in [1.165, 1.54) is 0 Å². The molecule has 1 rings (SSSR count). The first kappa shape index (κ1) is 11.4. The molecule has 6 nitrogen and oxygen atoms in total. The van der Waals surface area contributed by atoms with Gasteiger partial charge in [-0.3, -0.25) is 0 Å². The second kappa shape index (κ2) is 4.68. The van der Waals surface area contributed by atoms with E-state index in [1.807, 2.05) is 5.16 Å². The first-order chi connectivity index (χ1) is 7.06. The topological polar surface area (TPSA) is 90.2 Å². The number of rotatable bonds is 2. The molecular weight excluding hydrogens is 220 g/mol. The van der Waals surface area contributed by atoms with Crippen LogP contribution >= 0.6 is 12.2 Å². The molecule has 1 amide bonds. The molecule has 0 bridgehead atoms. The second-order valence-corrected chi connectivity index (χ2v) is 3.07. The third-order valence-electron chi connectivity index (χ3n) is 2.03. The highest BCUT2D eigenvalue weighted by Gasteiger charge is 2.25. The van der Waals surface area contributed by atoms with Crippen molar-refractivity contribution in [2.24, 2.45) is 4.99 Å². The number of nitrogens with zero attached hydrogens (tertiary/aromatic N) is 2. The molecule has 1 aliphatic heterocycles. The SMILES string of the molecule is O=C(O)C1=C(N=C=S)CN(C(=O)O)CC1. The van der Waals surface area contributed by atoms with Gasteiger partial charge in [0.1, 0.15) is 0 Å². The fraction of sp³-hybridized carbons (Fsp3) is 0.375. The zero-order chi connectivity index (χ0) is 11.4. The minimum absolute atomic E-state index is 0.0550. The van der Waals surface area contributed by atoms with E-state index in [-0.39, 0.29) is 30.8 Å². The Balaban J connectivity index is 3.00.